The molecule has 112 valence electrons. The number of hydrogen-bond donors (Lipinski definition) is 1. The molecule has 1 heterocycles. The van der Waals surface area contributed by atoms with Crippen molar-refractivity contribution in [3.63, 3.8) is 0 Å². The number of hydrogen-bond acceptors (Lipinski definition) is 3. The molecule has 0 amide bonds. The van der Waals surface area contributed by atoms with E-state index in [1.807, 2.05) is 0 Å². The van der Waals surface area contributed by atoms with Crippen LogP contribution in [0.15, 0.2) is 12.1 Å². The lowest BCUT2D eigenvalue weighted by Gasteiger charge is -2.29. The Morgan fingerprint density at radius 3 is 2.65 bits per heavy atom. The Bertz CT molecular complexity index is 459. The number of ether oxygens (including phenoxy) is 2. The van der Waals surface area contributed by atoms with Gasteiger partial charge in [-0.05, 0) is 55.5 Å². The van der Waals surface area contributed by atoms with Crippen molar-refractivity contribution in [2.24, 2.45) is 5.92 Å². The molecular formula is C17H27NO2. The SMILES string of the molecule is CCNC(c1cc(C)c(OC)cc1C)C1OCCC1C. The summed E-state index contributed by atoms with van der Waals surface area (Å²) in [4.78, 5) is 0. The zero-order valence-electron chi connectivity index (χ0n) is 13.3. The van der Waals surface area contributed by atoms with Crippen LogP contribution in [0.25, 0.3) is 0 Å². The zero-order chi connectivity index (χ0) is 14.7. The third kappa shape index (κ3) is 2.99. The number of rotatable bonds is 5. The Kier molecular flexibility index (Phi) is 5.06. The molecule has 0 bridgehead atoms. The van der Waals surface area contributed by atoms with Crippen LogP contribution in [0.4, 0.5) is 0 Å². The van der Waals surface area contributed by atoms with Gasteiger partial charge in [0, 0.05) is 6.61 Å². The van der Waals surface area contributed by atoms with E-state index in [-0.39, 0.29) is 12.1 Å². The molecule has 0 aliphatic carbocycles. The summed E-state index contributed by atoms with van der Waals surface area (Å²) in [6.07, 6.45) is 1.42. The Hall–Kier alpha value is -1.06. The first-order chi connectivity index (χ1) is 9.58. The fourth-order valence-corrected chi connectivity index (χ4v) is 3.13. The summed E-state index contributed by atoms with van der Waals surface area (Å²) in [5, 5.41) is 3.61. The van der Waals surface area contributed by atoms with Crippen LogP contribution in [-0.4, -0.2) is 26.4 Å². The van der Waals surface area contributed by atoms with E-state index in [1.54, 1.807) is 7.11 Å². The molecule has 1 fully saturated rings. The highest BCUT2D eigenvalue weighted by atomic mass is 16.5. The van der Waals surface area contributed by atoms with Crippen LogP contribution in [0.2, 0.25) is 0 Å². The van der Waals surface area contributed by atoms with E-state index in [2.05, 4.69) is 45.1 Å². The van der Waals surface area contributed by atoms with Crippen LogP contribution >= 0.6 is 0 Å². The topological polar surface area (TPSA) is 30.5 Å². The van der Waals surface area contributed by atoms with E-state index in [0.717, 1.165) is 25.3 Å². The Morgan fingerprint density at radius 1 is 1.35 bits per heavy atom. The molecule has 0 spiro atoms. The lowest BCUT2D eigenvalue weighted by atomic mass is 9.89. The molecule has 0 aromatic heterocycles. The number of likely N-dealkylation sites (N-methyl/N-ethyl adjacent to an activating group) is 1. The zero-order valence-corrected chi connectivity index (χ0v) is 13.3. The molecule has 1 aliphatic rings. The van der Waals surface area contributed by atoms with Crippen molar-refractivity contribution in [2.45, 2.75) is 46.3 Å². The maximum absolute atomic E-state index is 5.99. The molecule has 3 unspecified atom stereocenters. The van der Waals surface area contributed by atoms with E-state index < -0.39 is 0 Å². The third-order valence-corrected chi connectivity index (χ3v) is 4.32. The minimum atomic E-state index is 0.265. The van der Waals surface area contributed by atoms with Gasteiger partial charge >= 0.3 is 0 Å². The number of benzene rings is 1. The van der Waals surface area contributed by atoms with Gasteiger partial charge in [-0.15, -0.1) is 0 Å². The number of nitrogens with one attached hydrogen (secondary N) is 1. The largest absolute Gasteiger partial charge is 0.496 e. The van der Waals surface area contributed by atoms with Crippen molar-refractivity contribution in [1.29, 1.82) is 0 Å². The lowest BCUT2D eigenvalue weighted by Crippen LogP contribution is -2.35. The molecule has 1 aromatic rings. The van der Waals surface area contributed by atoms with Gasteiger partial charge in [0.25, 0.3) is 0 Å². The van der Waals surface area contributed by atoms with E-state index in [0.29, 0.717) is 5.92 Å². The second kappa shape index (κ2) is 6.59. The fourth-order valence-electron chi connectivity index (χ4n) is 3.13. The lowest BCUT2D eigenvalue weighted by molar-refractivity contribution is 0.0610. The molecule has 0 radical (unpaired) electrons. The molecule has 2 rings (SSSR count). The van der Waals surface area contributed by atoms with E-state index in [9.17, 15) is 0 Å². The van der Waals surface area contributed by atoms with E-state index in [4.69, 9.17) is 9.47 Å². The normalized spacial score (nSPS) is 23.9. The summed E-state index contributed by atoms with van der Waals surface area (Å²) in [5.41, 5.74) is 3.78. The molecule has 3 heteroatoms. The highest BCUT2D eigenvalue weighted by Crippen LogP contribution is 2.35. The first-order valence-corrected chi connectivity index (χ1v) is 7.58. The summed E-state index contributed by atoms with van der Waals surface area (Å²) in [7, 11) is 1.73. The summed E-state index contributed by atoms with van der Waals surface area (Å²) in [5.74, 6) is 1.56. The van der Waals surface area contributed by atoms with Crippen LogP contribution in [0.1, 0.15) is 43.0 Å². The maximum atomic E-state index is 5.99. The van der Waals surface area contributed by atoms with Gasteiger partial charge in [-0.1, -0.05) is 19.9 Å². The van der Waals surface area contributed by atoms with Crippen LogP contribution in [-0.2, 0) is 4.74 Å². The smallest absolute Gasteiger partial charge is 0.122 e. The van der Waals surface area contributed by atoms with Crippen LogP contribution in [0.3, 0.4) is 0 Å². The molecule has 3 atom stereocenters. The van der Waals surface area contributed by atoms with Gasteiger partial charge in [0.05, 0.1) is 19.3 Å². The first-order valence-electron chi connectivity index (χ1n) is 7.58. The van der Waals surface area contributed by atoms with Crippen LogP contribution < -0.4 is 10.1 Å². The average Bonchev–Trinajstić information content (AvgIpc) is 2.84. The minimum Gasteiger partial charge on any atom is -0.496 e. The molecule has 1 saturated heterocycles. The Morgan fingerprint density at radius 2 is 2.10 bits per heavy atom. The highest BCUT2D eigenvalue weighted by Gasteiger charge is 2.33. The van der Waals surface area contributed by atoms with Crippen molar-refractivity contribution in [2.75, 3.05) is 20.3 Å². The quantitative estimate of drug-likeness (QED) is 0.895. The molecule has 1 aromatic carbocycles. The molecule has 3 nitrogen and oxygen atoms in total. The van der Waals surface area contributed by atoms with E-state index >= 15 is 0 Å². The third-order valence-electron chi connectivity index (χ3n) is 4.32. The maximum Gasteiger partial charge on any atom is 0.122 e. The second-order valence-corrected chi connectivity index (χ2v) is 5.82. The van der Waals surface area contributed by atoms with Crippen LogP contribution in [0, 0.1) is 19.8 Å². The van der Waals surface area contributed by atoms with Crippen LogP contribution in [0.5, 0.6) is 5.75 Å². The summed E-state index contributed by atoms with van der Waals surface area (Å²) >= 11 is 0. The van der Waals surface area contributed by atoms with Gasteiger partial charge in [-0.25, -0.2) is 0 Å². The minimum absolute atomic E-state index is 0.265. The Labute approximate surface area is 122 Å². The highest BCUT2D eigenvalue weighted by molar-refractivity contribution is 5.43. The summed E-state index contributed by atoms with van der Waals surface area (Å²) < 4.78 is 11.4. The molecular weight excluding hydrogens is 250 g/mol. The van der Waals surface area contributed by atoms with Crippen molar-refractivity contribution in [3.8, 4) is 5.75 Å². The summed E-state index contributed by atoms with van der Waals surface area (Å²) in [6, 6.07) is 4.65. The van der Waals surface area contributed by atoms with Gasteiger partial charge in [0.1, 0.15) is 5.75 Å². The monoisotopic (exact) mass is 277 g/mol. The van der Waals surface area contributed by atoms with Gasteiger partial charge in [0.2, 0.25) is 0 Å². The van der Waals surface area contributed by atoms with Gasteiger partial charge in [0.15, 0.2) is 0 Å². The molecule has 1 N–H and O–H groups in total. The molecule has 1 aliphatic heterocycles. The predicted octanol–water partition coefficient (Wildman–Crippen LogP) is 3.39. The van der Waals surface area contributed by atoms with Crippen molar-refractivity contribution in [3.05, 3.63) is 28.8 Å². The van der Waals surface area contributed by atoms with E-state index in [1.165, 1.54) is 16.7 Å². The molecule has 20 heavy (non-hydrogen) atoms. The van der Waals surface area contributed by atoms with Crippen molar-refractivity contribution in [1.82, 2.24) is 5.32 Å². The molecule has 0 saturated carbocycles. The van der Waals surface area contributed by atoms with Gasteiger partial charge in [-0.3, -0.25) is 0 Å². The van der Waals surface area contributed by atoms with Gasteiger partial charge < -0.3 is 14.8 Å². The Balaban J connectivity index is 2.36. The standard InChI is InChI=1S/C17H27NO2/c1-6-18-16(17-11(2)7-8-20-17)14-9-13(4)15(19-5)10-12(14)3/h9-11,16-18H,6-8H2,1-5H3. The number of aryl methyl sites for hydroxylation is 2. The van der Waals surface area contributed by atoms with Crippen molar-refractivity contribution < 1.29 is 9.47 Å². The average molecular weight is 277 g/mol. The summed E-state index contributed by atoms with van der Waals surface area (Å²) in [6.45, 7) is 10.5. The fraction of sp³-hybridized carbons (Fsp3) is 0.647. The van der Waals surface area contributed by atoms with Gasteiger partial charge in [-0.2, -0.15) is 0 Å². The number of methoxy groups -OCH3 is 1. The second-order valence-electron chi connectivity index (χ2n) is 5.82. The predicted molar refractivity (Wildman–Crippen MR) is 82.4 cm³/mol. The first kappa shape index (κ1) is 15.3. The van der Waals surface area contributed by atoms with Crippen molar-refractivity contribution >= 4 is 0 Å².